The molecular formula is C21H23FN2. The van der Waals surface area contributed by atoms with Crippen molar-refractivity contribution in [3.05, 3.63) is 54.3 Å². The Morgan fingerprint density at radius 2 is 1.71 bits per heavy atom. The number of hydrogen-bond donors (Lipinski definition) is 0. The zero-order valence-electron chi connectivity index (χ0n) is 13.9. The molecule has 1 aliphatic carbocycles. The van der Waals surface area contributed by atoms with Crippen LogP contribution in [0.3, 0.4) is 0 Å². The Bertz CT molecular complexity index is 831. The van der Waals surface area contributed by atoms with Crippen molar-refractivity contribution in [1.82, 2.24) is 9.55 Å². The quantitative estimate of drug-likeness (QED) is 0.592. The van der Waals surface area contributed by atoms with Crippen LogP contribution in [0, 0.1) is 11.7 Å². The second kappa shape index (κ2) is 6.76. The van der Waals surface area contributed by atoms with Gasteiger partial charge in [0.2, 0.25) is 0 Å². The molecule has 0 spiro atoms. The minimum Gasteiger partial charge on any atom is -0.324 e. The predicted molar refractivity (Wildman–Crippen MR) is 96.3 cm³/mol. The van der Waals surface area contributed by atoms with Crippen molar-refractivity contribution < 1.29 is 4.39 Å². The lowest BCUT2D eigenvalue weighted by Crippen LogP contribution is -2.11. The Kier molecular flexibility index (Phi) is 4.33. The van der Waals surface area contributed by atoms with Gasteiger partial charge in [-0.25, -0.2) is 9.37 Å². The van der Waals surface area contributed by atoms with E-state index in [1.54, 1.807) is 6.07 Å². The first-order valence-corrected chi connectivity index (χ1v) is 9.03. The van der Waals surface area contributed by atoms with E-state index in [4.69, 9.17) is 4.98 Å². The van der Waals surface area contributed by atoms with E-state index in [0.29, 0.717) is 5.56 Å². The summed E-state index contributed by atoms with van der Waals surface area (Å²) in [6, 6.07) is 15.1. The van der Waals surface area contributed by atoms with E-state index >= 15 is 0 Å². The molecule has 3 aromatic rings. The number of imidazole rings is 1. The lowest BCUT2D eigenvalue weighted by molar-refractivity contribution is 0.326. The van der Waals surface area contributed by atoms with Crippen molar-refractivity contribution in [2.75, 3.05) is 0 Å². The van der Waals surface area contributed by atoms with Crippen LogP contribution in [-0.2, 0) is 6.54 Å². The summed E-state index contributed by atoms with van der Waals surface area (Å²) in [5, 5.41) is 0. The number of benzene rings is 2. The smallest absolute Gasteiger partial charge is 0.144 e. The summed E-state index contributed by atoms with van der Waals surface area (Å²) in [7, 11) is 0. The predicted octanol–water partition coefficient (Wildman–Crippen LogP) is 5.81. The van der Waals surface area contributed by atoms with Gasteiger partial charge in [0.15, 0.2) is 0 Å². The monoisotopic (exact) mass is 322 g/mol. The highest BCUT2D eigenvalue weighted by molar-refractivity contribution is 5.80. The summed E-state index contributed by atoms with van der Waals surface area (Å²) in [5.41, 5.74) is 2.64. The Labute approximate surface area is 142 Å². The fourth-order valence-corrected chi connectivity index (χ4v) is 3.94. The molecule has 0 saturated heterocycles. The van der Waals surface area contributed by atoms with Gasteiger partial charge in [0, 0.05) is 6.54 Å². The summed E-state index contributed by atoms with van der Waals surface area (Å²) < 4.78 is 16.5. The molecule has 1 aromatic heterocycles. The number of aromatic nitrogens is 2. The van der Waals surface area contributed by atoms with Gasteiger partial charge in [0.1, 0.15) is 11.6 Å². The van der Waals surface area contributed by atoms with Crippen LogP contribution < -0.4 is 0 Å². The van der Waals surface area contributed by atoms with E-state index in [2.05, 4.69) is 10.6 Å². The van der Waals surface area contributed by atoms with Crippen LogP contribution in [0.25, 0.3) is 22.4 Å². The Morgan fingerprint density at radius 1 is 0.958 bits per heavy atom. The molecule has 0 radical (unpaired) electrons. The number of aryl methyl sites for hydroxylation is 1. The molecular weight excluding hydrogens is 299 g/mol. The maximum atomic E-state index is 14.3. The first-order valence-electron chi connectivity index (χ1n) is 9.03. The van der Waals surface area contributed by atoms with E-state index in [1.807, 2.05) is 30.3 Å². The van der Waals surface area contributed by atoms with E-state index < -0.39 is 0 Å². The molecule has 1 heterocycles. The van der Waals surface area contributed by atoms with Gasteiger partial charge in [0.25, 0.3) is 0 Å². The second-order valence-electron chi connectivity index (χ2n) is 6.85. The molecule has 4 rings (SSSR count). The van der Waals surface area contributed by atoms with Gasteiger partial charge < -0.3 is 4.57 Å². The molecule has 24 heavy (non-hydrogen) atoms. The second-order valence-corrected chi connectivity index (χ2v) is 6.85. The molecule has 0 amide bonds. The zero-order chi connectivity index (χ0) is 16.4. The molecule has 2 aromatic carbocycles. The maximum Gasteiger partial charge on any atom is 0.144 e. The van der Waals surface area contributed by atoms with Crippen molar-refractivity contribution >= 4 is 11.0 Å². The molecule has 1 saturated carbocycles. The SMILES string of the molecule is Fc1ccccc1-c1nc2ccccc2n1CCC1CCCCC1. The summed E-state index contributed by atoms with van der Waals surface area (Å²) in [4.78, 5) is 4.73. The van der Waals surface area contributed by atoms with E-state index in [9.17, 15) is 4.39 Å². The van der Waals surface area contributed by atoms with E-state index in [0.717, 1.165) is 35.7 Å². The largest absolute Gasteiger partial charge is 0.324 e. The molecule has 0 aliphatic heterocycles. The molecule has 124 valence electrons. The molecule has 0 atom stereocenters. The van der Waals surface area contributed by atoms with Gasteiger partial charge in [-0.2, -0.15) is 0 Å². The Morgan fingerprint density at radius 3 is 2.54 bits per heavy atom. The number of fused-ring (bicyclic) bond motifs is 1. The molecule has 0 N–H and O–H groups in total. The number of rotatable bonds is 4. The summed E-state index contributed by atoms with van der Waals surface area (Å²) in [6.45, 7) is 0.912. The van der Waals surface area contributed by atoms with Gasteiger partial charge in [-0.15, -0.1) is 0 Å². The highest BCUT2D eigenvalue weighted by Gasteiger charge is 2.18. The van der Waals surface area contributed by atoms with Crippen LogP contribution in [0.1, 0.15) is 38.5 Å². The molecule has 1 aliphatic rings. The van der Waals surface area contributed by atoms with Crippen molar-refractivity contribution in [1.29, 1.82) is 0 Å². The highest BCUT2D eigenvalue weighted by Crippen LogP contribution is 2.30. The average Bonchev–Trinajstić information content (AvgIpc) is 2.99. The molecule has 0 unspecified atom stereocenters. The summed E-state index contributed by atoms with van der Waals surface area (Å²) in [5.74, 6) is 1.35. The fourth-order valence-electron chi connectivity index (χ4n) is 3.94. The van der Waals surface area contributed by atoms with Crippen LogP contribution in [0.4, 0.5) is 4.39 Å². The van der Waals surface area contributed by atoms with Crippen LogP contribution in [0.15, 0.2) is 48.5 Å². The Balaban J connectivity index is 1.71. The minimum absolute atomic E-state index is 0.202. The lowest BCUT2D eigenvalue weighted by atomic mass is 9.87. The normalized spacial score (nSPS) is 15.9. The lowest BCUT2D eigenvalue weighted by Gasteiger charge is -2.22. The first kappa shape index (κ1) is 15.4. The van der Waals surface area contributed by atoms with Gasteiger partial charge in [-0.1, -0.05) is 56.4 Å². The van der Waals surface area contributed by atoms with E-state index in [1.165, 1.54) is 38.2 Å². The summed E-state index contributed by atoms with van der Waals surface area (Å²) >= 11 is 0. The molecule has 1 fully saturated rings. The van der Waals surface area contributed by atoms with Crippen LogP contribution in [-0.4, -0.2) is 9.55 Å². The van der Waals surface area contributed by atoms with Crippen LogP contribution in [0.5, 0.6) is 0 Å². The fraction of sp³-hybridized carbons (Fsp3) is 0.381. The average molecular weight is 322 g/mol. The van der Waals surface area contributed by atoms with Crippen molar-refractivity contribution in [2.45, 2.75) is 45.1 Å². The van der Waals surface area contributed by atoms with Gasteiger partial charge in [-0.05, 0) is 36.6 Å². The highest BCUT2D eigenvalue weighted by atomic mass is 19.1. The summed E-state index contributed by atoms with van der Waals surface area (Å²) in [6.07, 6.45) is 7.92. The topological polar surface area (TPSA) is 17.8 Å². The third-order valence-electron chi connectivity index (χ3n) is 5.26. The third-order valence-corrected chi connectivity index (χ3v) is 5.26. The Hall–Kier alpha value is -2.16. The van der Waals surface area contributed by atoms with Crippen LogP contribution >= 0.6 is 0 Å². The first-order chi connectivity index (χ1) is 11.8. The number of nitrogens with zero attached hydrogens (tertiary/aromatic N) is 2. The van der Waals surface area contributed by atoms with Crippen LogP contribution in [0.2, 0.25) is 0 Å². The van der Waals surface area contributed by atoms with Gasteiger partial charge in [0.05, 0.1) is 16.6 Å². The van der Waals surface area contributed by atoms with Gasteiger partial charge >= 0.3 is 0 Å². The minimum atomic E-state index is -0.202. The zero-order valence-corrected chi connectivity index (χ0v) is 13.9. The van der Waals surface area contributed by atoms with E-state index in [-0.39, 0.29) is 5.82 Å². The standard InChI is InChI=1S/C21H23FN2/c22-18-11-5-4-10-17(18)21-23-19-12-6-7-13-20(19)24(21)15-14-16-8-2-1-3-9-16/h4-7,10-13,16H,1-3,8-9,14-15H2. The maximum absolute atomic E-state index is 14.3. The number of para-hydroxylation sites is 2. The van der Waals surface area contributed by atoms with Crippen molar-refractivity contribution in [2.24, 2.45) is 5.92 Å². The molecule has 0 bridgehead atoms. The van der Waals surface area contributed by atoms with Crippen molar-refractivity contribution in [3.8, 4) is 11.4 Å². The number of halogens is 1. The number of hydrogen-bond acceptors (Lipinski definition) is 1. The van der Waals surface area contributed by atoms with Gasteiger partial charge in [-0.3, -0.25) is 0 Å². The molecule has 3 heteroatoms. The third kappa shape index (κ3) is 2.95. The molecule has 2 nitrogen and oxygen atoms in total. The van der Waals surface area contributed by atoms with Crippen molar-refractivity contribution in [3.63, 3.8) is 0 Å².